The van der Waals surface area contributed by atoms with Crippen molar-refractivity contribution in [2.75, 3.05) is 14.2 Å². The lowest BCUT2D eigenvalue weighted by atomic mass is 9.94. The van der Waals surface area contributed by atoms with Gasteiger partial charge in [-0.15, -0.1) is 0 Å². The van der Waals surface area contributed by atoms with Crippen molar-refractivity contribution >= 4 is 5.78 Å². The number of hydrogen-bond donors (Lipinski definition) is 0. The highest BCUT2D eigenvalue weighted by Gasteiger charge is 2.41. The summed E-state index contributed by atoms with van der Waals surface area (Å²) in [4.78, 5) is 12.8. The van der Waals surface area contributed by atoms with Gasteiger partial charge in [0.15, 0.2) is 0 Å². The molecule has 0 aliphatic heterocycles. The highest BCUT2D eigenvalue weighted by molar-refractivity contribution is 6.04. The fourth-order valence-corrected chi connectivity index (χ4v) is 2.10. The summed E-state index contributed by atoms with van der Waals surface area (Å²) >= 11 is 0. The molecule has 0 aliphatic rings. The van der Waals surface area contributed by atoms with Gasteiger partial charge in [0.05, 0.1) is 0 Å². The third-order valence-corrected chi connectivity index (χ3v) is 3.04. The van der Waals surface area contributed by atoms with Gasteiger partial charge in [-0.2, -0.15) is 0 Å². The quantitative estimate of drug-likeness (QED) is 0.451. The van der Waals surface area contributed by atoms with Crippen molar-refractivity contribution in [1.29, 1.82) is 0 Å². The Morgan fingerprint density at radius 3 is 2.30 bits per heavy atom. The van der Waals surface area contributed by atoms with Gasteiger partial charge in [0.1, 0.15) is 0 Å². The molecule has 0 fully saturated rings. The molecule has 0 saturated carbocycles. The molecule has 3 heteroatoms. The molecule has 1 aromatic carbocycles. The van der Waals surface area contributed by atoms with Gasteiger partial charge in [-0.05, 0) is 26.8 Å². The third-order valence-electron chi connectivity index (χ3n) is 3.04. The van der Waals surface area contributed by atoms with E-state index in [2.05, 4.69) is 6.58 Å². The van der Waals surface area contributed by atoms with Crippen molar-refractivity contribution in [1.82, 2.24) is 0 Å². The summed E-state index contributed by atoms with van der Waals surface area (Å²) in [7, 11) is 2.89. The van der Waals surface area contributed by atoms with Gasteiger partial charge in [-0.25, -0.2) is 0 Å². The van der Waals surface area contributed by atoms with Crippen LogP contribution in [0.4, 0.5) is 0 Å². The predicted octanol–water partition coefficient (Wildman–Crippen LogP) is 3.69. The summed E-state index contributed by atoms with van der Waals surface area (Å²) in [6.07, 6.45) is 1.79. The summed E-state index contributed by atoms with van der Waals surface area (Å²) in [5, 5.41) is 0. The molecule has 0 saturated heterocycles. The Kier molecular flexibility index (Phi) is 5.43. The second-order valence-corrected chi connectivity index (χ2v) is 4.97. The number of carbonyl (C=O) groups is 1. The number of allylic oxidation sites excluding steroid dienone is 1. The van der Waals surface area contributed by atoms with Crippen molar-refractivity contribution in [2.24, 2.45) is 0 Å². The minimum atomic E-state index is -1.48. The zero-order valence-electron chi connectivity index (χ0n) is 12.8. The van der Waals surface area contributed by atoms with Crippen LogP contribution in [0.1, 0.15) is 29.8 Å². The van der Waals surface area contributed by atoms with Gasteiger partial charge >= 0.3 is 0 Å². The molecule has 0 bridgehead atoms. The summed E-state index contributed by atoms with van der Waals surface area (Å²) in [6.45, 7) is 9.72. The van der Waals surface area contributed by atoms with E-state index in [4.69, 9.17) is 9.47 Å². The van der Waals surface area contributed by atoms with Crippen LogP contribution in [0.25, 0.3) is 0 Å². The SMILES string of the molecule is C=C(C=C(C)C)C(OC)(OC)C(=O)c1cccc(C)c1. The standard InChI is InChI=1S/C17H22O3/c1-12(2)10-14(4)17(19-5,20-6)16(18)15-9-7-8-13(3)11-15/h7-11H,4H2,1-3,5-6H3. The van der Waals surface area contributed by atoms with Crippen molar-refractivity contribution in [3.63, 3.8) is 0 Å². The maximum absolute atomic E-state index is 12.8. The van der Waals surface area contributed by atoms with Crippen LogP contribution in [0.2, 0.25) is 0 Å². The lowest BCUT2D eigenvalue weighted by Gasteiger charge is -2.30. The molecule has 1 aromatic rings. The van der Waals surface area contributed by atoms with Gasteiger partial charge < -0.3 is 9.47 Å². The zero-order valence-corrected chi connectivity index (χ0v) is 12.8. The van der Waals surface area contributed by atoms with Crippen LogP contribution in [-0.4, -0.2) is 25.8 Å². The first kappa shape index (κ1) is 16.3. The smallest absolute Gasteiger partial charge is 0.260 e. The summed E-state index contributed by atoms with van der Waals surface area (Å²) in [5.41, 5.74) is 3.04. The van der Waals surface area contributed by atoms with Crippen molar-refractivity contribution in [2.45, 2.75) is 26.6 Å². The monoisotopic (exact) mass is 274 g/mol. The number of carbonyl (C=O) groups excluding carboxylic acids is 1. The van der Waals surface area contributed by atoms with Gasteiger partial charge in [-0.1, -0.05) is 42.0 Å². The first-order chi connectivity index (χ1) is 9.37. The average molecular weight is 274 g/mol. The van der Waals surface area contributed by atoms with Gasteiger partial charge in [0, 0.05) is 25.4 Å². The van der Waals surface area contributed by atoms with E-state index in [1.807, 2.05) is 39.0 Å². The van der Waals surface area contributed by atoms with Gasteiger partial charge in [0.25, 0.3) is 5.79 Å². The van der Waals surface area contributed by atoms with Crippen LogP contribution in [0, 0.1) is 6.92 Å². The van der Waals surface area contributed by atoms with E-state index in [1.54, 1.807) is 12.1 Å². The van der Waals surface area contributed by atoms with Gasteiger partial charge in [0.2, 0.25) is 5.78 Å². The van der Waals surface area contributed by atoms with Crippen LogP contribution in [0.15, 0.2) is 48.1 Å². The minimum absolute atomic E-state index is 0.256. The highest BCUT2D eigenvalue weighted by atomic mass is 16.7. The van der Waals surface area contributed by atoms with E-state index >= 15 is 0 Å². The van der Waals surface area contributed by atoms with Gasteiger partial charge in [-0.3, -0.25) is 4.79 Å². The predicted molar refractivity (Wildman–Crippen MR) is 80.8 cm³/mol. The van der Waals surface area contributed by atoms with E-state index in [0.29, 0.717) is 11.1 Å². The molecule has 0 spiro atoms. The van der Waals surface area contributed by atoms with Crippen molar-refractivity contribution in [3.05, 3.63) is 59.2 Å². The van der Waals surface area contributed by atoms with E-state index in [0.717, 1.165) is 11.1 Å². The number of methoxy groups -OCH3 is 2. The lowest BCUT2D eigenvalue weighted by molar-refractivity contribution is -0.140. The van der Waals surface area contributed by atoms with E-state index in [-0.39, 0.29) is 5.78 Å². The fraction of sp³-hybridized carbons (Fsp3) is 0.353. The highest BCUT2D eigenvalue weighted by Crippen LogP contribution is 2.28. The molecule has 0 unspecified atom stereocenters. The Hall–Kier alpha value is -1.71. The lowest BCUT2D eigenvalue weighted by Crippen LogP contribution is -2.44. The molecule has 0 aliphatic carbocycles. The molecular formula is C17H22O3. The first-order valence-corrected chi connectivity index (χ1v) is 6.43. The molecule has 1 rings (SSSR count). The molecule has 108 valence electrons. The first-order valence-electron chi connectivity index (χ1n) is 6.43. The normalized spacial score (nSPS) is 11.1. The second kappa shape index (κ2) is 6.64. The Morgan fingerprint density at radius 2 is 1.85 bits per heavy atom. The molecule has 0 N–H and O–H groups in total. The van der Waals surface area contributed by atoms with Crippen LogP contribution >= 0.6 is 0 Å². The molecule has 0 aromatic heterocycles. The summed E-state index contributed by atoms with van der Waals surface area (Å²) in [5.74, 6) is -1.74. The number of hydrogen-bond acceptors (Lipinski definition) is 3. The summed E-state index contributed by atoms with van der Waals surface area (Å²) in [6, 6.07) is 7.33. The molecule has 0 radical (unpaired) electrons. The van der Waals surface area contributed by atoms with Crippen LogP contribution in [0.5, 0.6) is 0 Å². The molecule has 20 heavy (non-hydrogen) atoms. The minimum Gasteiger partial charge on any atom is -0.343 e. The van der Waals surface area contributed by atoms with Crippen LogP contribution in [0.3, 0.4) is 0 Å². The fourth-order valence-electron chi connectivity index (χ4n) is 2.10. The van der Waals surface area contributed by atoms with E-state index < -0.39 is 5.79 Å². The molecule has 0 atom stereocenters. The Morgan fingerprint density at radius 1 is 1.25 bits per heavy atom. The Balaban J connectivity index is 3.29. The molecule has 3 nitrogen and oxygen atoms in total. The van der Waals surface area contributed by atoms with Crippen molar-refractivity contribution < 1.29 is 14.3 Å². The number of benzene rings is 1. The maximum atomic E-state index is 12.8. The number of aryl methyl sites for hydroxylation is 1. The van der Waals surface area contributed by atoms with E-state index in [1.165, 1.54) is 14.2 Å². The Bertz CT molecular complexity index is 533. The molecule has 0 heterocycles. The molecule has 0 amide bonds. The maximum Gasteiger partial charge on any atom is 0.260 e. The number of rotatable bonds is 6. The molecular weight excluding hydrogens is 252 g/mol. The Labute approximate surface area is 120 Å². The van der Waals surface area contributed by atoms with Crippen LogP contribution in [-0.2, 0) is 9.47 Å². The van der Waals surface area contributed by atoms with E-state index in [9.17, 15) is 4.79 Å². The zero-order chi connectivity index (χ0) is 15.3. The second-order valence-electron chi connectivity index (χ2n) is 4.97. The largest absolute Gasteiger partial charge is 0.343 e. The number of Topliss-reactive ketones (excluding diaryl/α,β-unsaturated/α-hetero) is 1. The number of ether oxygens (including phenoxy) is 2. The average Bonchev–Trinajstić information content (AvgIpc) is 2.39. The van der Waals surface area contributed by atoms with Crippen LogP contribution < -0.4 is 0 Å². The third kappa shape index (κ3) is 3.24. The number of ketones is 1. The topological polar surface area (TPSA) is 35.5 Å². The summed E-state index contributed by atoms with van der Waals surface area (Å²) < 4.78 is 10.8. The van der Waals surface area contributed by atoms with Crippen molar-refractivity contribution in [3.8, 4) is 0 Å².